The molecule has 0 fully saturated rings. The Labute approximate surface area is 157 Å². The van der Waals surface area contributed by atoms with Crippen LogP contribution >= 0.6 is 0 Å². The first kappa shape index (κ1) is 20.1. The topological polar surface area (TPSA) is 98.5 Å². The standard InChI is InChI=1S/C20H22N2O5/c1-13(2)18(21-19(23)17-7-5-4-6-14(17)3)20(24)27-12-15-8-10-16(11-9-15)22(25)26/h4-11,13,18H,12H2,1-3H3,(H,21,23). The molecular weight excluding hydrogens is 348 g/mol. The second-order valence-corrected chi connectivity index (χ2v) is 6.54. The maximum Gasteiger partial charge on any atom is 0.329 e. The van der Waals surface area contributed by atoms with E-state index in [1.165, 1.54) is 24.3 Å². The fraction of sp³-hybridized carbons (Fsp3) is 0.300. The Morgan fingerprint density at radius 1 is 1.11 bits per heavy atom. The van der Waals surface area contributed by atoms with Crippen LogP contribution in [-0.4, -0.2) is 22.8 Å². The van der Waals surface area contributed by atoms with E-state index in [4.69, 9.17) is 4.74 Å². The number of ether oxygens (including phenoxy) is 1. The van der Waals surface area contributed by atoms with Crippen LogP contribution in [0.25, 0.3) is 0 Å². The third kappa shape index (κ3) is 5.37. The first-order valence-corrected chi connectivity index (χ1v) is 8.56. The molecule has 7 nitrogen and oxygen atoms in total. The summed E-state index contributed by atoms with van der Waals surface area (Å²) in [4.78, 5) is 35.1. The molecule has 27 heavy (non-hydrogen) atoms. The van der Waals surface area contributed by atoms with Gasteiger partial charge in [-0.2, -0.15) is 0 Å². The minimum Gasteiger partial charge on any atom is -0.459 e. The lowest BCUT2D eigenvalue weighted by Gasteiger charge is -2.21. The fourth-order valence-corrected chi connectivity index (χ4v) is 2.50. The number of non-ortho nitro benzene ring substituents is 1. The third-order valence-corrected chi connectivity index (χ3v) is 4.13. The molecular formula is C20H22N2O5. The number of nitro groups is 1. The molecule has 7 heteroatoms. The maximum atomic E-state index is 12.5. The maximum absolute atomic E-state index is 12.5. The summed E-state index contributed by atoms with van der Waals surface area (Å²) < 4.78 is 5.30. The Kier molecular flexibility index (Phi) is 6.65. The van der Waals surface area contributed by atoms with E-state index in [-0.39, 0.29) is 24.1 Å². The summed E-state index contributed by atoms with van der Waals surface area (Å²) in [5, 5.41) is 13.4. The lowest BCUT2D eigenvalue weighted by Crippen LogP contribution is -2.45. The van der Waals surface area contributed by atoms with Gasteiger partial charge in [0.15, 0.2) is 0 Å². The molecule has 0 aromatic heterocycles. The lowest BCUT2D eigenvalue weighted by atomic mass is 10.0. The highest BCUT2D eigenvalue weighted by Crippen LogP contribution is 2.14. The van der Waals surface area contributed by atoms with Crippen molar-refractivity contribution in [2.45, 2.75) is 33.4 Å². The zero-order valence-electron chi connectivity index (χ0n) is 15.5. The average Bonchev–Trinajstić information content (AvgIpc) is 2.64. The van der Waals surface area contributed by atoms with Crippen LogP contribution in [0.4, 0.5) is 5.69 Å². The van der Waals surface area contributed by atoms with Gasteiger partial charge < -0.3 is 10.1 Å². The molecule has 0 saturated carbocycles. The van der Waals surface area contributed by atoms with Crippen LogP contribution in [0.3, 0.4) is 0 Å². The van der Waals surface area contributed by atoms with Gasteiger partial charge in [0.05, 0.1) is 4.92 Å². The van der Waals surface area contributed by atoms with Crippen molar-refractivity contribution >= 4 is 17.6 Å². The van der Waals surface area contributed by atoms with Crippen LogP contribution in [0.5, 0.6) is 0 Å². The smallest absolute Gasteiger partial charge is 0.329 e. The fourth-order valence-electron chi connectivity index (χ4n) is 2.50. The lowest BCUT2D eigenvalue weighted by molar-refractivity contribution is -0.384. The van der Waals surface area contributed by atoms with Crippen molar-refractivity contribution in [3.05, 3.63) is 75.3 Å². The molecule has 1 N–H and O–H groups in total. The molecule has 2 aromatic rings. The zero-order valence-corrected chi connectivity index (χ0v) is 15.5. The van der Waals surface area contributed by atoms with E-state index in [1.54, 1.807) is 12.1 Å². The van der Waals surface area contributed by atoms with Crippen LogP contribution < -0.4 is 5.32 Å². The van der Waals surface area contributed by atoms with E-state index in [0.717, 1.165) is 5.56 Å². The van der Waals surface area contributed by atoms with Gasteiger partial charge in [-0.3, -0.25) is 14.9 Å². The van der Waals surface area contributed by atoms with Crippen LogP contribution in [0.15, 0.2) is 48.5 Å². The van der Waals surface area contributed by atoms with Crippen molar-refractivity contribution in [1.82, 2.24) is 5.32 Å². The highest BCUT2D eigenvalue weighted by molar-refractivity contribution is 5.98. The van der Waals surface area contributed by atoms with Gasteiger partial charge in [0.2, 0.25) is 0 Å². The molecule has 0 heterocycles. The molecule has 0 aliphatic heterocycles. The van der Waals surface area contributed by atoms with E-state index in [1.807, 2.05) is 32.9 Å². The first-order valence-electron chi connectivity index (χ1n) is 8.56. The van der Waals surface area contributed by atoms with Gasteiger partial charge >= 0.3 is 5.97 Å². The quantitative estimate of drug-likeness (QED) is 0.457. The normalized spacial score (nSPS) is 11.7. The number of nitrogens with one attached hydrogen (secondary N) is 1. The van der Waals surface area contributed by atoms with Gasteiger partial charge in [0, 0.05) is 17.7 Å². The van der Waals surface area contributed by atoms with Gasteiger partial charge in [-0.15, -0.1) is 0 Å². The Balaban J connectivity index is 2.01. The number of esters is 1. The number of hydrogen-bond donors (Lipinski definition) is 1. The van der Waals surface area contributed by atoms with Crippen LogP contribution in [0.2, 0.25) is 0 Å². The summed E-state index contributed by atoms with van der Waals surface area (Å²) >= 11 is 0. The summed E-state index contributed by atoms with van der Waals surface area (Å²) in [6.45, 7) is 5.43. The minimum atomic E-state index is -0.796. The Morgan fingerprint density at radius 2 is 1.74 bits per heavy atom. The largest absolute Gasteiger partial charge is 0.459 e. The molecule has 142 valence electrons. The molecule has 0 saturated heterocycles. The molecule has 0 aliphatic rings. The predicted octanol–water partition coefficient (Wildman–Crippen LogP) is 3.40. The SMILES string of the molecule is Cc1ccccc1C(=O)NC(C(=O)OCc1ccc([N+](=O)[O-])cc1)C(C)C. The highest BCUT2D eigenvalue weighted by atomic mass is 16.6. The van der Waals surface area contributed by atoms with Gasteiger partial charge in [0.25, 0.3) is 11.6 Å². The molecule has 1 atom stereocenters. The molecule has 0 bridgehead atoms. The number of benzene rings is 2. The van der Waals surface area contributed by atoms with E-state index < -0.39 is 16.9 Å². The summed E-state index contributed by atoms with van der Waals surface area (Å²) in [5.41, 5.74) is 1.92. The Morgan fingerprint density at radius 3 is 2.30 bits per heavy atom. The summed E-state index contributed by atoms with van der Waals surface area (Å²) in [7, 11) is 0. The monoisotopic (exact) mass is 370 g/mol. The molecule has 1 amide bonds. The van der Waals surface area contributed by atoms with E-state index in [2.05, 4.69) is 5.32 Å². The van der Waals surface area contributed by atoms with Gasteiger partial charge in [-0.05, 0) is 42.2 Å². The number of hydrogen-bond acceptors (Lipinski definition) is 5. The van der Waals surface area contributed by atoms with E-state index in [9.17, 15) is 19.7 Å². The number of rotatable bonds is 7. The second-order valence-electron chi connectivity index (χ2n) is 6.54. The van der Waals surface area contributed by atoms with Gasteiger partial charge in [-0.1, -0.05) is 32.0 Å². The number of carbonyl (C=O) groups excluding carboxylic acids is 2. The van der Waals surface area contributed by atoms with Gasteiger partial charge in [-0.25, -0.2) is 4.79 Å². The average molecular weight is 370 g/mol. The molecule has 2 rings (SSSR count). The van der Waals surface area contributed by atoms with Crippen molar-refractivity contribution in [3.8, 4) is 0 Å². The zero-order chi connectivity index (χ0) is 20.0. The van der Waals surface area contributed by atoms with Crippen LogP contribution in [0.1, 0.15) is 35.3 Å². The third-order valence-electron chi connectivity index (χ3n) is 4.13. The summed E-state index contributed by atoms with van der Waals surface area (Å²) in [6, 6.07) is 12.1. The highest BCUT2D eigenvalue weighted by Gasteiger charge is 2.26. The minimum absolute atomic E-state index is 0.0275. The number of nitro benzene ring substituents is 1. The molecule has 0 spiro atoms. The van der Waals surface area contributed by atoms with Crippen molar-refractivity contribution < 1.29 is 19.2 Å². The van der Waals surface area contributed by atoms with Gasteiger partial charge in [0.1, 0.15) is 12.6 Å². The number of aryl methyl sites for hydroxylation is 1. The van der Waals surface area contributed by atoms with E-state index in [0.29, 0.717) is 11.1 Å². The van der Waals surface area contributed by atoms with Crippen molar-refractivity contribution in [1.29, 1.82) is 0 Å². The second kappa shape index (κ2) is 8.93. The Hall–Kier alpha value is -3.22. The predicted molar refractivity (Wildman–Crippen MR) is 100 cm³/mol. The summed E-state index contributed by atoms with van der Waals surface area (Å²) in [6.07, 6.45) is 0. The van der Waals surface area contributed by atoms with E-state index >= 15 is 0 Å². The van der Waals surface area contributed by atoms with Crippen molar-refractivity contribution in [3.63, 3.8) is 0 Å². The van der Waals surface area contributed by atoms with Crippen molar-refractivity contribution in [2.24, 2.45) is 5.92 Å². The molecule has 1 unspecified atom stereocenters. The molecule has 0 aliphatic carbocycles. The van der Waals surface area contributed by atoms with Crippen molar-refractivity contribution in [2.75, 3.05) is 0 Å². The summed E-state index contributed by atoms with van der Waals surface area (Å²) in [5.74, 6) is -1.05. The molecule has 0 radical (unpaired) electrons. The molecule has 2 aromatic carbocycles. The first-order chi connectivity index (χ1) is 12.8. The van der Waals surface area contributed by atoms with Crippen LogP contribution in [0, 0.1) is 23.0 Å². The number of nitrogens with zero attached hydrogens (tertiary/aromatic N) is 1. The Bertz CT molecular complexity index is 831. The number of amides is 1. The van der Waals surface area contributed by atoms with Crippen LogP contribution in [-0.2, 0) is 16.1 Å². The number of carbonyl (C=O) groups is 2.